The van der Waals surface area contributed by atoms with E-state index in [1.54, 1.807) is 0 Å². The number of hydrogen-bond acceptors (Lipinski definition) is 3. The lowest BCUT2D eigenvalue weighted by Gasteiger charge is -2.32. The minimum absolute atomic E-state index is 0.0118. The number of piperidine rings is 1. The lowest BCUT2D eigenvalue weighted by Crippen LogP contribution is -2.33. The van der Waals surface area contributed by atoms with Crippen molar-refractivity contribution in [2.45, 2.75) is 58.3 Å². The molecule has 3 rings (SSSR count). The van der Waals surface area contributed by atoms with E-state index < -0.39 is 0 Å². The molecule has 34 heavy (non-hydrogen) atoms. The van der Waals surface area contributed by atoms with Crippen molar-refractivity contribution < 1.29 is 9.59 Å². The third kappa shape index (κ3) is 8.82. The molecule has 0 unspecified atom stereocenters. The van der Waals surface area contributed by atoms with Gasteiger partial charge in [0.1, 0.15) is 0 Å². The summed E-state index contributed by atoms with van der Waals surface area (Å²) in [6.07, 6.45) is 6.88. The Morgan fingerprint density at radius 1 is 0.882 bits per heavy atom. The number of nitrogens with one attached hydrogen (secondary N) is 3. The summed E-state index contributed by atoms with van der Waals surface area (Å²) in [7, 11) is 0. The summed E-state index contributed by atoms with van der Waals surface area (Å²) in [4.78, 5) is 26.4. The molecule has 1 heterocycles. The van der Waals surface area contributed by atoms with Gasteiger partial charge < -0.3 is 20.9 Å². The highest BCUT2D eigenvalue weighted by atomic mass is 16.2. The van der Waals surface area contributed by atoms with Crippen LogP contribution in [0, 0.1) is 5.92 Å². The van der Waals surface area contributed by atoms with E-state index in [2.05, 4.69) is 39.0 Å². The van der Waals surface area contributed by atoms with Crippen LogP contribution >= 0.6 is 0 Å². The van der Waals surface area contributed by atoms with Crippen molar-refractivity contribution in [2.24, 2.45) is 5.92 Å². The first-order valence-corrected chi connectivity index (χ1v) is 12.7. The predicted molar refractivity (Wildman–Crippen MR) is 140 cm³/mol. The van der Waals surface area contributed by atoms with Crippen LogP contribution in [0.25, 0.3) is 0 Å². The first-order valence-electron chi connectivity index (χ1n) is 12.7. The molecule has 6 nitrogen and oxygen atoms in total. The monoisotopic (exact) mass is 464 g/mol. The van der Waals surface area contributed by atoms with Gasteiger partial charge in [-0.05, 0) is 81.1 Å². The molecule has 0 radical (unpaired) electrons. The minimum Gasteiger partial charge on any atom is -0.338 e. The van der Waals surface area contributed by atoms with Crippen LogP contribution in [0.2, 0.25) is 0 Å². The van der Waals surface area contributed by atoms with Gasteiger partial charge in [0.05, 0.1) is 0 Å². The maximum absolute atomic E-state index is 12.0. The van der Waals surface area contributed by atoms with Gasteiger partial charge in [-0.3, -0.25) is 4.79 Å². The number of benzene rings is 2. The van der Waals surface area contributed by atoms with Gasteiger partial charge in [-0.15, -0.1) is 0 Å². The van der Waals surface area contributed by atoms with Gasteiger partial charge >= 0.3 is 6.03 Å². The number of amides is 3. The van der Waals surface area contributed by atoms with Gasteiger partial charge in [0.2, 0.25) is 5.91 Å². The second-order valence-corrected chi connectivity index (χ2v) is 9.55. The number of anilines is 2. The SMILES string of the molecule is CC(C)C(=O)Nc1cccc(C2CCN(CCCCCCNC(=O)Nc3ccccc3)CC2)c1. The third-order valence-corrected chi connectivity index (χ3v) is 6.46. The number of rotatable bonds is 11. The topological polar surface area (TPSA) is 73.5 Å². The van der Waals surface area contributed by atoms with E-state index in [-0.39, 0.29) is 17.9 Å². The number of unbranched alkanes of at least 4 members (excludes halogenated alkanes) is 3. The normalized spacial score (nSPS) is 14.7. The lowest BCUT2D eigenvalue weighted by atomic mass is 9.89. The molecular weight excluding hydrogens is 424 g/mol. The fourth-order valence-corrected chi connectivity index (χ4v) is 4.36. The Labute approximate surface area is 204 Å². The number of hydrogen-bond donors (Lipinski definition) is 3. The number of nitrogens with zero attached hydrogens (tertiary/aromatic N) is 1. The zero-order valence-electron chi connectivity index (χ0n) is 20.7. The van der Waals surface area contributed by atoms with Crippen LogP contribution in [0.15, 0.2) is 54.6 Å². The zero-order chi connectivity index (χ0) is 24.2. The van der Waals surface area contributed by atoms with E-state index in [0.717, 1.165) is 43.9 Å². The van der Waals surface area contributed by atoms with Crippen LogP contribution in [-0.4, -0.2) is 43.0 Å². The highest BCUT2D eigenvalue weighted by Crippen LogP contribution is 2.29. The third-order valence-electron chi connectivity index (χ3n) is 6.46. The molecule has 0 bridgehead atoms. The standard InChI is InChI=1S/C28H40N4O2/c1-22(2)27(33)30-26-14-10-11-24(21-26)23-15-19-32(20-16-23)18-9-4-3-8-17-29-28(34)31-25-12-6-5-7-13-25/h5-7,10-14,21-23H,3-4,8-9,15-20H2,1-2H3,(H,30,33)(H2,29,31,34). The number of carbonyl (C=O) groups is 2. The van der Waals surface area contributed by atoms with Gasteiger partial charge in [0.25, 0.3) is 0 Å². The number of para-hydroxylation sites is 1. The van der Waals surface area contributed by atoms with Crippen molar-refractivity contribution in [1.82, 2.24) is 10.2 Å². The maximum Gasteiger partial charge on any atom is 0.319 e. The number of urea groups is 1. The lowest BCUT2D eigenvalue weighted by molar-refractivity contribution is -0.118. The second-order valence-electron chi connectivity index (χ2n) is 9.55. The van der Waals surface area contributed by atoms with Crippen molar-refractivity contribution >= 4 is 23.3 Å². The summed E-state index contributed by atoms with van der Waals surface area (Å²) in [5.74, 6) is 0.626. The molecule has 1 fully saturated rings. The molecule has 0 atom stereocenters. The van der Waals surface area contributed by atoms with Gasteiger partial charge in [-0.2, -0.15) is 0 Å². The molecule has 2 aromatic carbocycles. The first kappa shape index (κ1) is 25.8. The van der Waals surface area contributed by atoms with E-state index in [1.165, 1.54) is 31.2 Å². The fraction of sp³-hybridized carbons (Fsp3) is 0.500. The van der Waals surface area contributed by atoms with Crippen molar-refractivity contribution in [3.05, 3.63) is 60.2 Å². The molecule has 0 aliphatic carbocycles. The number of likely N-dealkylation sites (tertiary alicyclic amines) is 1. The van der Waals surface area contributed by atoms with Crippen molar-refractivity contribution in [3.8, 4) is 0 Å². The Kier molecular flexibility index (Phi) is 10.4. The van der Waals surface area contributed by atoms with Crippen LogP contribution in [0.1, 0.15) is 63.9 Å². The zero-order valence-corrected chi connectivity index (χ0v) is 20.7. The van der Waals surface area contributed by atoms with Crippen LogP contribution in [0.4, 0.5) is 16.2 Å². The van der Waals surface area contributed by atoms with E-state index in [9.17, 15) is 9.59 Å². The van der Waals surface area contributed by atoms with Crippen LogP contribution in [0.3, 0.4) is 0 Å². The molecule has 0 spiro atoms. The highest BCUT2D eigenvalue weighted by Gasteiger charge is 2.20. The summed E-state index contributed by atoms with van der Waals surface area (Å²) in [6.45, 7) is 7.96. The average molecular weight is 465 g/mol. The highest BCUT2D eigenvalue weighted by molar-refractivity contribution is 5.92. The van der Waals surface area contributed by atoms with Crippen molar-refractivity contribution in [1.29, 1.82) is 0 Å². The molecule has 3 N–H and O–H groups in total. The van der Waals surface area contributed by atoms with Gasteiger partial charge in [-0.1, -0.05) is 57.0 Å². The summed E-state index contributed by atoms with van der Waals surface area (Å²) in [5.41, 5.74) is 3.06. The Hall–Kier alpha value is -2.86. The van der Waals surface area contributed by atoms with Gasteiger partial charge in [-0.25, -0.2) is 4.79 Å². The fourth-order valence-electron chi connectivity index (χ4n) is 4.36. The van der Waals surface area contributed by atoms with Crippen LogP contribution < -0.4 is 16.0 Å². The molecule has 6 heteroatoms. The smallest absolute Gasteiger partial charge is 0.319 e. The summed E-state index contributed by atoms with van der Waals surface area (Å²) >= 11 is 0. The quantitative estimate of drug-likeness (QED) is 0.366. The molecule has 3 amide bonds. The first-order chi connectivity index (χ1) is 16.5. The van der Waals surface area contributed by atoms with E-state index in [1.807, 2.05) is 50.2 Å². The van der Waals surface area contributed by atoms with Crippen LogP contribution in [0.5, 0.6) is 0 Å². The Morgan fingerprint density at radius 2 is 1.59 bits per heavy atom. The Balaban J connectivity index is 1.25. The Morgan fingerprint density at radius 3 is 2.32 bits per heavy atom. The molecule has 184 valence electrons. The molecule has 1 aliphatic rings. The molecule has 0 saturated carbocycles. The van der Waals surface area contributed by atoms with Crippen LogP contribution in [-0.2, 0) is 4.79 Å². The number of carbonyl (C=O) groups excluding carboxylic acids is 2. The van der Waals surface area contributed by atoms with E-state index in [0.29, 0.717) is 12.5 Å². The predicted octanol–water partition coefficient (Wildman–Crippen LogP) is 5.84. The largest absolute Gasteiger partial charge is 0.338 e. The summed E-state index contributed by atoms with van der Waals surface area (Å²) < 4.78 is 0. The van der Waals surface area contributed by atoms with E-state index in [4.69, 9.17) is 0 Å². The van der Waals surface area contributed by atoms with Gasteiger partial charge in [0.15, 0.2) is 0 Å². The summed E-state index contributed by atoms with van der Waals surface area (Å²) in [6, 6.07) is 17.7. The molecule has 1 aliphatic heterocycles. The Bertz CT molecular complexity index is 892. The molecule has 1 saturated heterocycles. The minimum atomic E-state index is -0.137. The summed E-state index contributed by atoms with van der Waals surface area (Å²) in [5, 5.41) is 8.79. The molecule has 2 aromatic rings. The molecular formula is C28H40N4O2. The average Bonchev–Trinajstić information content (AvgIpc) is 2.84. The van der Waals surface area contributed by atoms with E-state index >= 15 is 0 Å². The van der Waals surface area contributed by atoms with Crippen molar-refractivity contribution in [3.63, 3.8) is 0 Å². The molecule has 0 aromatic heterocycles. The van der Waals surface area contributed by atoms with Crippen molar-refractivity contribution in [2.75, 3.05) is 36.8 Å². The van der Waals surface area contributed by atoms with Gasteiger partial charge in [0, 0.05) is 23.8 Å². The second kappa shape index (κ2) is 13.8. The maximum atomic E-state index is 12.0.